The number of aryl methyl sites for hydroxylation is 1. The molecule has 1 aromatic heterocycles. The second-order valence-electron chi connectivity index (χ2n) is 7.32. The zero-order valence-corrected chi connectivity index (χ0v) is 15.8. The first-order valence-corrected chi connectivity index (χ1v) is 9.46. The Morgan fingerprint density at radius 2 is 1.74 bits per heavy atom. The van der Waals surface area contributed by atoms with E-state index in [-0.39, 0.29) is 11.6 Å². The zero-order chi connectivity index (χ0) is 19.0. The molecule has 2 aromatic carbocycles. The largest absolute Gasteiger partial charge is 0.358 e. The molecule has 3 aromatic rings. The number of fused-ring (bicyclic) bond motifs is 1. The number of anilines is 1. The minimum atomic E-state index is -0.177. The van der Waals surface area contributed by atoms with E-state index in [1.165, 1.54) is 11.0 Å². The summed E-state index contributed by atoms with van der Waals surface area (Å²) >= 11 is 0. The van der Waals surface area contributed by atoms with Gasteiger partial charge in [-0.15, -0.1) is 0 Å². The van der Waals surface area contributed by atoms with Crippen molar-refractivity contribution in [3.8, 4) is 0 Å². The van der Waals surface area contributed by atoms with Gasteiger partial charge >= 0.3 is 0 Å². The molecule has 0 aliphatic carbocycles. The molecule has 2 heterocycles. The SMILES string of the molecule is Cc1c(C(=O)C[NH+]2CCN(c3ccccc3F)CC2)c2ccccc2n1C. The molecule has 0 spiro atoms. The number of nitrogens with one attached hydrogen (secondary N) is 1. The van der Waals surface area contributed by atoms with Crippen LogP contribution in [0.15, 0.2) is 48.5 Å². The third-order valence-corrected chi connectivity index (χ3v) is 5.75. The lowest BCUT2D eigenvalue weighted by molar-refractivity contribution is -0.892. The second-order valence-corrected chi connectivity index (χ2v) is 7.32. The van der Waals surface area contributed by atoms with Crippen molar-refractivity contribution in [1.82, 2.24) is 4.57 Å². The third kappa shape index (κ3) is 3.23. The highest BCUT2D eigenvalue weighted by molar-refractivity contribution is 6.10. The molecule has 0 radical (unpaired) electrons. The minimum Gasteiger partial charge on any atom is -0.358 e. The van der Waals surface area contributed by atoms with Crippen LogP contribution in [-0.4, -0.2) is 43.1 Å². The number of aromatic nitrogens is 1. The van der Waals surface area contributed by atoms with Crippen LogP contribution >= 0.6 is 0 Å². The first-order valence-electron chi connectivity index (χ1n) is 9.46. The molecule has 0 amide bonds. The van der Waals surface area contributed by atoms with Crippen LogP contribution in [0.5, 0.6) is 0 Å². The van der Waals surface area contributed by atoms with E-state index in [9.17, 15) is 9.18 Å². The van der Waals surface area contributed by atoms with Crippen LogP contribution in [0.3, 0.4) is 0 Å². The molecule has 0 atom stereocenters. The van der Waals surface area contributed by atoms with Gasteiger partial charge in [0.05, 0.1) is 37.4 Å². The van der Waals surface area contributed by atoms with Crippen LogP contribution in [0.4, 0.5) is 10.1 Å². The van der Waals surface area contributed by atoms with Crippen molar-refractivity contribution in [2.45, 2.75) is 6.92 Å². The van der Waals surface area contributed by atoms with Crippen molar-refractivity contribution in [2.75, 3.05) is 37.6 Å². The van der Waals surface area contributed by atoms with E-state index in [1.807, 2.05) is 44.3 Å². The Kier molecular flexibility index (Phi) is 4.70. The summed E-state index contributed by atoms with van der Waals surface area (Å²) in [4.78, 5) is 16.4. The van der Waals surface area contributed by atoms with Gasteiger partial charge < -0.3 is 14.4 Å². The van der Waals surface area contributed by atoms with Crippen molar-refractivity contribution in [3.05, 3.63) is 65.6 Å². The van der Waals surface area contributed by atoms with Gasteiger partial charge in [0.2, 0.25) is 5.78 Å². The van der Waals surface area contributed by atoms with Gasteiger partial charge in [-0.05, 0) is 25.1 Å². The van der Waals surface area contributed by atoms with E-state index in [2.05, 4.69) is 15.5 Å². The van der Waals surface area contributed by atoms with Gasteiger partial charge in [-0.1, -0.05) is 30.3 Å². The standard InChI is InChI=1S/C22H24FN3O/c1-16-22(17-7-3-5-9-19(17)24(16)2)21(27)15-25-11-13-26(14-12-25)20-10-6-4-8-18(20)23/h3-10H,11-15H2,1-2H3/p+1. The van der Waals surface area contributed by atoms with Gasteiger partial charge in [0.1, 0.15) is 12.4 Å². The van der Waals surface area contributed by atoms with Crippen LogP contribution in [-0.2, 0) is 7.05 Å². The topological polar surface area (TPSA) is 29.7 Å². The van der Waals surface area contributed by atoms with Crippen molar-refractivity contribution in [2.24, 2.45) is 7.05 Å². The monoisotopic (exact) mass is 366 g/mol. The predicted octanol–water partition coefficient (Wildman–Crippen LogP) is 2.21. The fraction of sp³-hybridized carbons (Fsp3) is 0.318. The smallest absolute Gasteiger partial charge is 0.219 e. The van der Waals surface area contributed by atoms with E-state index in [1.54, 1.807) is 6.07 Å². The number of quaternary nitrogens is 1. The van der Waals surface area contributed by atoms with Crippen LogP contribution in [0.1, 0.15) is 16.1 Å². The van der Waals surface area contributed by atoms with Crippen LogP contribution in [0.2, 0.25) is 0 Å². The summed E-state index contributed by atoms with van der Waals surface area (Å²) in [6.07, 6.45) is 0. The van der Waals surface area contributed by atoms with E-state index in [0.717, 1.165) is 48.3 Å². The lowest BCUT2D eigenvalue weighted by atomic mass is 10.1. The molecule has 4 rings (SSSR count). The number of rotatable bonds is 4. The number of hydrogen-bond acceptors (Lipinski definition) is 2. The lowest BCUT2D eigenvalue weighted by Crippen LogP contribution is -3.15. The Balaban J connectivity index is 1.46. The molecule has 5 heteroatoms. The molecular formula is C22H25FN3O+. The highest BCUT2D eigenvalue weighted by atomic mass is 19.1. The fourth-order valence-corrected chi connectivity index (χ4v) is 4.14. The van der Waals surface area contributed by atoms with Crippen molar-refractivity contribution in [3.63, 3.8) is 0 Å². The summed E-state index contributed by atoms with van der Waals surface area (Å²) in [6, 6.07) is 15.0. The van der Waals surface area contributed by atoms with Gasteiger partial charge in [-0.3, -0.25) is 4.79 Å². The van der Waals surface area contributed by atoms with Crippen LogP contribution < -0.4 is 9.80 Å². The fourth-order valence-electron chi connectivity index (χ4n) is 4.14. The van der Waals surface area contributed by atoms with Crippen molar-refractivity contribution in [1.29, 1.82) is 0 Å². The number of piperazine rings is 1. The van der Waals surface area contributed by atoms with E-state index < -0.39 is 0 Å². The number of benzene rings is 2. The summed E-state index contributed by atoms with van der Waals surface area (Å²) < 4.78 is 16.1. The Labute approximate surface area is 158 Å². The first kappa shape index (κ1) is 17.7. The maximum absolute atomic E-state index is 14.0. The summed E-state index contributed by atoms with van der Waals surface area (Å²) in [6.45, 7) is 5.70. The molecule has 0 bridgehead atoms. The molecule has 1 N–H and O–H groups in total. The zero-order valence-electron chi connectivity index (χ0n) is 15.8. The van der Waals surface area contributed by atoms with E-state index in [0.29, 0.717) is 12.2 Å². The molecular weight excluding hydrogens is 341 g/mol. The van der Waals surface area contributed by atoms with Crippen LogP contribution in [0, 0.1) is 12.7 Å². The number of para-hydroxylation sites is 2. The highest BCUT2D eigenvalue weighted by Crippen LogP contribution is 2.25. The first-order chi connectivity index (χ1) is 13.1. The second kappa shape index (κ2) is 7.16. The van der Waals surface area contributed by atoms with E-state index in [4.69, 9.17) is 0 Å². The number of hydrogen-bond donors (Lipinski definition) is 1. The highest BCUT2D eigenvalue weighted by Gasteiger charge is 2.26. The van der Waals surface area contributed by atoms with Gasteiger partial charge in [-0.2, -0.15) is 0 Å². The number of halogens is 1. The maximum atomic E-state index is 14.0. The molecule has 1 fully saturated rings. The number of nitrogens with zero attached hydrogens (tertiary/aromatic N) is 2. The maximum Gasteiger partial charge on any atom is 0.219 e. The van der Waals surface area contributed by atoms with Crippen LogP contribution in [0.25, 0.3) is 10.9 Å². The van der Waals surface area contributed by atoms with Crippen molar-refractivity contribution < 1.29 is 14.1 Å². The Morgan fingerprint density at radius 3 is 2.48 bits per heavy atom. The third-order valence-electron chi connectivity index (χ3n) is 5.75. The summed E-state index contributed by atoms with van der Waals surface area (Å²) in [7, 11) is 2.01. The van der Waals surface area contributed by atoms with Gasteiger partial charge in [0.15, 0.2) is 0 Å². The van der Waals surface area contributed by atoms with Gasteiger partial charge in [0.25, 0.3) is 0 Å². The molecule has 0 saturated carbocycles. The van der Waals surface area contributed by atoms with E-state index >= 15 is 0 Å². The Hall–Kier alpha value is -2.66. The summed E-state index contributed by atoms with van der Waals surface area (Å²) in [5, 5.41) is 1.03. The number of carbonyl (C=O) groups is 1. The number of carbonyl (C=O) groups excluding carboxylic acids is 1. The van der Waals surface area contributed by atoms with Gasteiger partial charge in [0, 0.05) is 23.6 Å². The minimum absolute atomic E-state index is 0.177. The summed E-state index contributed by atoms with van der Waals surface area (Å²) in [5.41, 5.74) is 3.62. The van der Waals surface area contributed by atoms with Crippen molar-refractivity contribution >= 4 is 22.4 Å². The lowest BCUT2D eigenvalue weighted by Gasteiger charge is -2.33. The predicted molar refractivity (Wildman–Crippen MR) is 106 cm³/mol. The molecule has 1 saturated heterocycles. The molecule has 140 valence electrons. The molecule has 4 nitrogen and oxygen atoms in total. The molecule has 27 heavy (non-hydrogen) atoms. The Bertz CT molecular complexity index is 986. The quantitative estimate of drug-likeness (QED) is 0.718. The normalized spacial score (nSPS) is 15.4. The average molecular weight is 366 g/mol. The molecule has 1 aliphatic heterocycles. The van der Waals surface area contributed by atoms with Gasteiger partial charge in [-0.25, -0.2) is 4.39 Å². The Morgan fingerprint density at radius 1 is 1.07 bits per heavy atom. The number of Topliss-reactive ketones (excluding diaryl/α,β-unsaturated/α-hetero) is 1. The number of ketones is 1. The average Bonchev–Trinajstić information content (AvgIpc) is 2.94. The summed E-state index contributed by atoms with van der Waals surface area (Å²) in [5.74, 6) is 0.0158. The molecule has 0 unspecified atom stereocenters. The molecule has 1 aliphatic rings.